The zero-order chi connectivity index (χ0) is 69.9. The number of hydrogen-bond donors (Lipinski definition) is 0. The number of rotatable bonds is 16. The molecule has 0 heterocycles. The molecule has 0 aliphatic heterocycles. The van der Waals surface area contributed by atoms with Gasteiger partial charge in [0.2, 0.25) is 0 Å². The fraction of sp³-hybridized carbons (Fsp3) is 0.309. The second-order valence-electron chi connectivity index (χ2n) is 26.0. The molecule has 20 nitrogen and oxygen atoms in total. The Morgan fingerprint density at radius 1 is 0.218 bits per heavy atom. The zero-order valence-corrected chi connectivity index (χ0v) is 55.4. The van der Waals surface area contributed by atoms with Gasteiger partial charge in [0.25, 0.3) is 0 Å². The molecule has 520 valence electrons. The number of carbonyl (C=O) groups is 8. The summed E-state index contributed by atoms with van der Waals surface area (Å²) < 4.78 is 23.4. The molecule has 4 aliphatic carbocycles. The minimum Gasteiger partial charge on any atom is -0.428 e. The molecule has 12 rings (SSSR count). The van der Waals surface area contributed by atoms with Gasteiger partial charge >= 0.3 is 48.5 Å². The van der Waals surface area contributed by atoms with Gasteiger partial charge in [0, 0.05) is 0 Å². The highest BCUT2D eigenvalue weighted by molar-refractivity contribution is 5.93. The molecule has 0 amide bonds. The van der Waals surface area contributed by atoms with Crippen molar-refractivity contribution in [2.75, 3.05) is 0 Å². The monoisotopic (exact) mass is 1370 g/mol. The van der Waals surface area contributed by atoms with Gasteiger partial charge < -0.3 is 18.9 Å². The molecule has 0 N–H and O–H groups in total. The average Bonchev–Trinajstić information content (AvgIpc) is 0.732. The summed E-state index contributed by atoms with van der Waals surface area (Å²) in [5.41, 5.74) is 6.83. The maximum Gasteiger partial charge on any atom is 0.550 e. The Morgan fingerprint density at radius 2 is 0.406 bits per heavy atom. The molecule has 0 aromatic heterocycles. The molecule has 20 heteroatoms. The Hall–Kier alpha value is -11.3. The van der Waals surface area contributed by atoms with Crippen LogP contribution in [0.5, 0.6) is 0 Å². The van der Waals surface area contributed by atoms with Crippen LogP contribution >= 0.6 is 0 Å². The lowest BCUT2D eigenvalue weighted by molar-refractivity contribution is -0.213. The van der Waals surface area contributed by atoms with Crippen LogP contribution in [0.15, 0.2) is 218 Å². The van der Waals surface area contributed by atoms with E-state index in [0.29, 0.717) is 103 Å². The van der Waals surface area contributed by atoms with Crippen molar-refractivity contribution in [1.29, 1.82) is 0 Å². The third-order valence-electron chi connectivity index (χ3n) is 20.1. The van der Waals surface area contributed by atoms with Crippen LogP contribution in [0, 0.1) is 29.1 Å². The maximum atomic E-state index is 13.3. The third kappa shape index (κ3) is 18.0. The lowest BCUT2D eigenvalue weighted by Gasteiger charge is -2.60. The van der Waals surface area contributed by atoms with Crippen LogP contribution in [0.25, 0.3) is 44.5 Å². The highest BCUT2D eigenvalue weighted by atomic mass is 17.3. The molecule has 0 radical (unpaired) electrons. The summed E-state index contributed by atoms with van der Waals surface area (Å²) in [6.45, 7) is 0. The molecule has 8 aromatic carbocycles. The van der Waals surface area contributed by atoms with Crippen LogP contribution in [-0.2, 0) is 58.0 Å². The normalized spacial score (nSPS) is 20.8. The molecule has 0 unspecified atom stereocenters. The van der Waals surface area contributed by atoms with Crippen LogP contribution in [0.1, 0.15) is 144 Å². The van der Waals surface area contributed by atoms with Crippen LogP contribution in [-0.4, -0.2) is 72.9 Å². The Bertz CT molecular complexity index is 3610. The number of ether oxygens (including phenoxy) is 4. The van der Waals surface area contributed by atoms with E-state index in [1.54, 1.807) is 72.8 Å². The van der Waals surface area contributed by atoms with Crippen molar-refractivity contribution in [3.63, 3.8) is 0 Å². The largest absolute Gasteiger partial charge is 0.550 e. The average molecular weight is 1370 g/mol. The zero-order valence-electron chi connectivity index (χ0n) is 55.4. The first-order chi connectivity index (χ1) is 49.3. The van der Waals surface area contributed by atoms with Crippen LogP contribution in [0.3, 0.4) is 0 Å². The molecule has 0 atom stereocenters. The Balaban J connectivity index is 0.735. The van der Waals surface area contributed by atoms with Gasteiger partial charge in [0.1, 0.15) is 24.4 Å². The van der Waals surface area contributed by atoms with Crippen molar-refractivity contribution < 1.29 is 96.4 Å². The van der Waals surface area contributed by atoms with Gasteiger partial charge in [-0.1, -0.05) is 170 Å². The van der Waals surface area contributed by atoms with Crippen LogP contribution in [0.4, 0.5) is 19.2 Å². The minimum absolute atomic E-state index is 0.0137. The first-order valence-corrected chi connectivity index (χ1v) is 34.3. The number of benzene rings is 8. The van der Waals surface area contributed by atoms with Gasteiger partial charge in [-0.15, -0.1) is 0 Å². The van der Waals surface area contributed by atoms with Crippen LogP contribution in [0.2, 0.25) is 0 Å². The highest BCUT2D eigenvalue weighted by Gasteiger charge is 2.57. The van der Waals surface area contributed by atoms with E-state index in [0.717, 1.165) is 44.5 Å². The molecule has 101 heavy (non-hydrogen) atoms. The Morgan fingerprint density at radius 3 is 0.604 bits per heavy atom. The second kappa shape index (κ2) is 33.5. The smallest absolute Gasteiger partial charge is 0.428 e. The molecule has 4 fully saturated rings. The van der Waals surface area contributed by atoms with Crippen molar-refractivity contribution in [2.24, 2.45) is 29.1 Å². The summed E-state index contributed by atoms with van der Waals surface area (Å²) in [5, 5.41) is 0. The minimum atomic E-state index is -1.16. The van der Waals surface area contributed by atoms with Gasteiger partial charge in [0.15, 0.2) is 0 Å². The van der Waals surface area contributed by atoms with Crippen LogP contribution < -0.4 is 0 Å². The summed E-state index contributed by atoms with van der Waals surface area (Å²) in [5.74, 6) is -3.46. The standard InChI is InChI=1S/C81H76O20/c82-73(61-29-13-25-57(49-61)53-17-5-1-6-18-53)94-98-77(86)90-69-41-33-65(34-42-69)81(66-35-43-70(44-36-66)91-78(87)99-95-74(83)62-30-14-26-58(50-62)54-19-7-2-8-20-54,67-37-45-71(46-38-67)92-79(88)100-96-75(84)63-31-15-27-59(51-63)55-21-9-3-10-22-55)68-39-47-72(48-40-68)93-80(89)101-97-76(85)64-32-16-28-60(52-64)56-23-11-4-12-24-56/h1-32,49-52,65-72H,33-48H2. The quantitative estimate of drug-likeness (QED) is 0.0377. The van der Waals surface area contributed by atoms with Crippen molar-refractivity contribution >= 4 is 48.5 Å². The predicted octanol–water partition coefficient (Wildman–Crippen LogP) is 18.6. The summed E-state index contributed by atoms with van der Waals surface area (Å²) in [6.07, 6.45) is 1.34. The van der Waals surface area contributed by atoms with E-state index in [2.05, 4.69) is 0 Å². The molecular formula is C81H76O20. The summed E-state index contributed by atoms with van der Waals surface area (Å²) in [4.78, 5) is 146. The molecule has 0 saturated heterocycles. The third-order valence-corrected chi connectivity index (χ3v) is 20.1. The maximum absolute atomic E-state index is 13.3. The van der Waals surface area contributed by atoms with E-state index >= 15 is 0 Å². The number of carbonyl (C=O) groups excluding carboxylic acids is 8. The first kappa shape index (κ1) is 69.6. The van der Waals surface area contributed by atoms with Crippen molar-refractivity contribution in [1.82, 2.24) is 0 Å². The fourth-order valence-corrected chi connectivity index (χ4v) is 15.7. The fourth-order valence-electron chi connectivity index (χ4n) is 15.7. The molecule has 4 aliphatic rings. The van der Waals surface area contributed by atoms with E-state index in [1.807, 2.05) is 146 Å². The number of hydrogen-bond acceptors (Lipinski definition) is 20. The Kier molecular flexibility index (Phi) is 23.1. The topological polar surface area (TPSA) is 247 Å². The summed E-state index contributed by atoms with van der Waals surface area (Å²) in [7, 11) is 0. The van der Waals surface area contributed by atoms with Crippen molar-refractivity contribution in [3.05, 3.63) is 241 Å². The molecule has 0 spiro atoms. The van der Waals surface area contributed by atoms with Crippen molar-refractivity contribution in [3.8, 4) is 44.5 Å². The van der Waals surface area contributed by atoms with Gasteiger partial charge in [-0.2, -0.15) is 19.2 Å². The van der Waals surface area contributed by atoms with Gasteiger partial charge in [-0.05, 0) is 225 Å². The van der Waals surface area contributed by atoms with E-state index in [9.17, 15) is 38.4 Å². The van der Waals surface area contributed by atoms with Gasteiger partial charge in [-0.3, -0.25) is 0 Å². The SMILES string of the molecule is O=C(OOC(=O)c1cccc(-c2ccccc2)c1)OC1CCC(C(C2CCC(OC(=O)OOC(=O)c3cccc(-c4ccccc4)c3)CC2)(C2CCC(OC(=O)OOC(=O)c3cccc(-c4ccccc4)c3)CC2)C2CCC(OC(=O)OOC(=O)c3cccc(-c4ccccc4)c3)CC2)CC1. The first-order valence-electron chi connectivity index (χ1n) is 34.3. The molecule has 8 aromatic rings. The second-order valence-corrected chi connectivity index (χ2v) is 26.0. The lowest BCUT2D eigenvalue weighted by atomic mass is 9.45. The molecular weight excluding hydrogens is 1290 g/mol. The molecule has 4 saturated carbocycles. The molecule has 0 bridgehead atoms. The predicted molar refractivity (Wildman–Crippen MR) is 365 cm³/mol. The van der Waals surface area contributed by atoms with E-state index in [-0.39, 0.29) is 45.9 Å². The van der Waals surface area contributed by atoms with Gasteiger partial charge in [0.05, 0.1) is 22.3 Å². The lowest BCUT2D eigenvalue weighted by Crippen LogP contribution is -2.54. The van der Waals surface area contributed by atoms with Crippen molar-refractivity contribution in [2.45, 2.75) is 127 Å². The summed E-state index contributed by atoms with van der Waals surface area (Å²) >= 11 is 0. The summed E-state index contributed by atoms with van der Waals surface area (Å²) in [6, 6.07) is 64.9. The van der Waals surface area contributed by atoms with E-state index in [1.165, 1.54) is 0 Å². The van der Waals surface area contributed by atoms with Gasteiger partial charge in [-0.25, -0.2) is 58.3 Å². The van der Waals surface area contributed by atoms with E-state index in [4.69, 9.17) is 58.0 Å². The Labute approximate surface area is 583 Å². The highest BCUT2D eigenvalue weighted by Crippen LogP contribution is 2.63. The van der Waals surface area contributed by atoms with E-state index < -0.39 is 78.3 Å².